The van der Waals surface area contributed by atoms with Crippen LogP contribution in [0.3, 0.4) is 0 Å². The van der Waals surface area contributed by atoms with Gasteiger partial charge >= 0.3 is 6.03 Å². The third-order valence-corrected chi connectivity index (χ3v) is 4.20. The molecule has 1 aromatic heterocycles. The summed E-state index contributed by atoms with van der Waals surface area (Å²) in [6, 6.07) is 11.4. The summed E-state index contributed by atoms with van der Waals surface area (Å²) in [4.78, 5) is 25.1. The molecule has 0 N–H and O–H groups in total. The van der Waals surface area contributed by atoms with E-state index < -0.39 is 0 Å². The van der Waals surface area contributed by atoms with E-state index in [4.69, 9.17) is 9.57 Å². The number of hydrogen-bond acceptors (Lipinski definition) is 5. The Labute approximate surface area is 159 Å². The predicted molar refractivity (Wildman–Crippen MR) is 104 cm³/mol. The third kappa shape index (κ3) is 5.20. The van der Waals surface area contributed by atoms with Crippen molar-refractivity contribution in [3.8, 4) is 5.75 Å². The number of oxime groups is 1. The van der Waals surface area contributed by atoms with Gasteiger partial charge in [0.2, 0.25) is 0 Å². The fourth-order valence-electron chi connectivity index (χ4n) is 2.82. The van der Waals surface area contributed by atoms with Gasteiger partial charge in [0.05, 0.1) is 12.8 Å². The van der Waals surface area contributed by atoms with Crippen LogP contribution in [0.2, 0.25) is 0 Å². The van der Waals surface area contributed by atoms with E-state index >= 15 is 0 Å². The highest BCUT2D eigenvalue weighted by Crippen LogP contribution is 2.19. The fraction of sp³-hybridized carbons (Fsp3) is 0.350. The number of carbonyl (C=O) groups excluding carboxylic acids is 1. The van der Waals surface area contributed by atoms with E-state index in [9.17, 15) is 4.79 Å². The van der Waals surface area contributed by atoms with Crippen molar-refractivity contribution in [3.63, 3.8) is 0 Å². The van der Waals surface area contributed by atoms with E-state index in [0.29, 0.717) is 26.3 Å². The van der Waals surface area contributed by atoms with Crippen molar-refractivity contribution in [3.05, 3.63) is 54.4 Å². The normalized spacial score (nSPS) is 14.2. The van der Waals surface area contributed by atoms with E-state index in [2.05, 4.69) is 10.1 Å². The molecule has 27 heavy (non-hydrogen) atoms. The lowest BCUT2D eigenvalue weighted by Gasteiger charge is -2.18. The smallest absolute Gasteiger partial charge is 0.324 e. The summed E-state index contributed by atoms with van der Waals surface area (Å²) in [6.07, 6.45) is 5.85. The van der Waals surface area contributed by atoms with Crippen molar-refractivity contribution in [2.24, 2.45) is 5.16 Å². The fourth-order valence-corrected chi connectivity index (χ4v) is 2.82. The zero-order valence-corrected chi connectivity index (χ0v) is 15.5. The molecule has 0 aliphatic carbocycles. The number of benzene rings is 1. The minimum Gasteiger partial charge on any atom is -0.494 e. The Morgan fingerprint density at radius 2 is 1.93 bits per heavy atom. The van der Waals surface area contributed by atoms with Gasteiger partial charge in [0.15, 0.2) is 0 Å². The Morgan fingerprint density at radius 1 is 1.15 bits per heavy atom. The average Bonchev–Trinajstić information content (AvgIpc) is 3.08. The number of rotatable bonds is 9. The molecule has 0 radical (unpaired) electrons. The second-order valence-corrected chi connectivity index (χ2v) is 6.05. The largest absolute Gasteiger partial charge is 0.494 e. The summed E-state index contributed by atoms with van der Waals surface area (Å²) in [5, 5.41) is 3.83. The standard InChI is InChI=1S/C20H24N4O3/c1-2-27-22-16-17-4-6-19(7-5-17)26-15-3-12-23-13-14-24(20(23)25)18-8-10-21-11-9-18/h4-11,16H,2-3,12-15H2,1H3/b22-16+. The van der Waals surface area contributed by atoms with Gasteiger partial charge in [0.25, 0.3) is 0 Å². The lowest BCUT2D eigenvalue weighted by molar-refractivity contribution is 0.160. The van der Waals surface area contributed by atoms with Gasteiger partial charge < -0.3 is 14.5 Å². The average molecular weight is 368 g/mol. The molecular weight excluding hydrogens is 344 g/mol. The Morgan fingerprint density at radius 3 is 2.67 bits per heavy atom. The number of aromatic nitrogens is 1. The molecule has 1 fully saturated rings. The number of ether oxygens (including phenoxy) is 1. The van der Waals surface area contributed by atoms with Gasteiger partial charge in [-0.05, 0) is 55.3 Å². The van der Waals surface area contributed by atoms with Crippen LogP contribution < -0.4 is 9.64 Å². The minimum absolute atomic E-state index is 0.0409. The first-order chi connectivity index (χ1) is 13.3. The molecule has 2 amide bonds. The zero-order chi connectivity index (χ0) is 18.9. The van der Waals surface area contributed by atoms with Crippen LogP contribution in [0.1, 0.15) is 18.9 Å². The molecule has 1 aromatic carbocycles. The number of nitrogens with zero attached hydrogens (tertiary/aromatic N) is 4. The van der Waals surface area contributed by atoms with Crippen molar-refractivity contribution in [1.82, 2.24) is 9.88 Å². The van der Waals surface area contributed by atoms with Gasteiger partial charge in [0, 0.05) is 37.7 Å². The number of amides is 2. The van der Waals surface area contributed by atoms with Crippen LogP contribution in [0.15, 0.2) is 53.9 Å². The molecule has 3 rings (SSSR count). The third-order valence-electron chi connectivity index (χ3n) is 4.20. The molecule has 7 heteroatoms. The summed E-state index contributed by atoms with van der Waals surface area (Å²) in [5.41, 5.74) is 1.84. The van der Waals surface area contributed by atoms with Crippen LogP contribution in [-0.2, 0) is 4.84 Å². The highest BCUT2D eigenvalue weighted by atomic mass is 16.6. The summed E-state index contributed by atoms with van der Waals surface area (Å²) in [6.45, 7) is 5.12. The number of hydrogen-bond donors (Lipinski definition) is 0. The number of anilines is 1. The Bertz CT molecular complexity index is 750. The topological polar surface area (TPSA) is 67.3 Å². The van der Waals surface area contributed by atoms with Crippen LogP contribution >= 0.6 is 0 Å². The van der Waals surface area contributed by atoms with E-state index in [1.54, 1.807) is 23.5 Å². The first-order valence-electron chi connectivity index (χ1n) is 9.12. The van der Waals surface area contributed by atoms with E-state index in [1.807, 2.05) is 48.2 Å². The summed E-state index contributed by atoms with van der Waals surface area (Å²) in [7, 11) is 0. The SMILES string of the molecule is CCO/N=C/c1ccc(OCCCN2CCN(c3ccncc3)C2=O)cc1. The highest BCUT2D eigenvalue weighted by molar-refractivity contribution is 5.94. The second-order valence-electron chi connectivity index (χ2n) is 6.05. The molecule has 142 valence electrons. The van der Waals surface area contributed by atoms with Crippen molar-refractivity contribution in [2.45, 2.75) is 13.3 Å². The first kappa shape index (κ1) is 18.7. The molecule has 0 spiro atoms. The molecule has 1 saturated heterocycles. The first-order valence-corrected chi connectivity index (χ1v) is 9.12. The van der Waals surface area contributed by atoms with Crippen molar-refractivity contribution < 1.29 is 14.4 Å². The Hall–Kier alpha value is -3.09. The molecule has 2 heterocycles. The molecule has 2 aromatic rings. The summed E-state index contributed by atoms with van der Waals surface area (Å²) in [5.74, 6) is 0.801. The van der Waals surface area contributed by atoms with Gasteiger partial charge in [0.1, 0.15) is 12.4 Å². The lowest BCUT2D eigenvalue weighted by atomic mass is 10.2. The predicted octanol–water partition coefficient (Wildman–Crippen LogP) is 3.16. The quantitative estimate of drug-likeness (QED) is 0.387. The summed E-state index contributed by atoms with van der Waals surface area (Å²) >= 11 is 0. The number of pyridine rings is 1. The highest BCUT2D eigenvalue weighted by Gasteiger charge is 2.28. The molecule has 7 nitrogen and oxygen atoms in total. The molecular formula is C20H24N4O3. The maximum Gasteiger partial charge on any atom is 0.324 e. The van der Waals surface area contributed by atoms with Crippen LogP contribution in [0, 0.1) is 0 Å². The van der Waals surface area contributed by atoms with Crippen molar-refractivity contribution in [1.29, 1.82) is 0 Å². The second kappa shape index (κ2) is 9.56. The van der Waals surface area contributed by atoms with E-state index in [0.717, 1.165) is 30.0 Å². The van der Waals surface area contributed by atoms with Gasteiger partial charge in [-0.15, -0.1) is 0 Å². The molecule has 0 atom stereocenters. The molecule has 1 aliphatic heterocycles. The molecule has 0 unspecified atom stereocenters. The van der Waals surface area contributed by atoms with Gasteiger partial charge in [-0.25, -0.2) is 4.79 Å². The molecule has 1 aliphatic rings. The maximum absolute atomic E-state index is 12.5. The zero-order valence-electron chi connectivity index (χ0n) is 15.5. The number of urea groups is 1. The van der Waals surface area contributed by atoms with Crippen LogP contribution in [0.5, 0.6) is 5.75 Å². The van der Waals surface area contributed by atoms with Gasteiger partial charge in [-0.3, -0.25) is 9.88 Å². The van der Waals surface area contributed by atoms with E-state index in [1.165, 1.54) is 0 Å². The summed E-state index contributed by atoms with van der Waals surface area (Å²) < 4.78 is 5.76. The maximum atomic E-state index is 12.5. The monoisotopic (exact) mass is 368 g/mol. The van der Waals surface area contributed by atoms with Gasteiger partial charge in [-0.2, -0.15) is 0 Å². The Balaban J connectivity index is 1.40. The lowest BCUT2D eigenvalue weighted by Crippen LogP contribution is -2.32. The van der Waals surface area contributed by atoms with Crippen LogP contribution in [0.4, 0.5) is 10.5 Å². The molecule has 0 saturated carbocycles. The molecule has 0 bridgehead atoms. The minimum atomic E-state index is 0.0409. The number of carbonyl (C=O) groups is 1. The van der Waals surface area contributed by atoms with Crippen molar-refractivity contribution in [2.75, 3.05) is 37.7 Å². The van der Waals surface area contributed by atoms with Crippen molar-refractivity contribution >= 4 is 17.9 Å². The Kier molecular flexibility index (Phi) is 6.62. The van der Waals surface area contributed by atoms with Gasteiger partial charge in [-0.1, -0.05) is 5.16 Å². The van der Waals surface area contributed by atoms with E-state index in [-0.39, 0.29) is 6.03 Å². The van der Waals surface area contributed by atoms with Crippen LogP contribution in [0.25, 0.3) is 0 Å². The van der Waals surface area contributed by atoms with Crippen LogP contribution in [-0.4, -0.2) is 55.0 Å².